The number of benzene rings is 2. The molecule has 30 heavy (non-hydrogen) atoms. The predicted molar refractivity (Wildman–Crippen MR) is 111 cm³/mol. The molecule has 1 amide bonds. The molecule has 4 aromatic rings. The summed E-state index contributed by atoms with van der Waals surface area (Å²) in [5.74, 6) is -0.0647. The summed E-state index contributed by atoms with van der Waals surface area (Å²) >= 11 is 1.27. The van der Waals surface area contributed by atoms with Crippen LogP contribution >= 0.6 is 11.8 Å². The van der Waals surface area contributed by atoms with E-state index in [1.807, 2.05) is 10.6 Å². The summed E-state index contributed by atoms with van der Waals surface area (Å²) in [6.07, 6.45) is 3.28. The van der Waals surface area contributed by atoms with Crippen LogP contribution in [0.4, 0.5) is 14.5 Å². The molecule has 0 fully saturated rings. The van der Waals surface area contributed by atoms with Gasteiger partial charge in [-0.15, -0.1) is 0 Å². The van der Waals surface area contributed by atoms with Crippen molar-refractivity contribution in [3.05, 3.63) is 90.5 Å². The number of anilines is 1. The van der Waals surface area contributed by atoms with E-state index in [2.05, 4.69) is 10.3 Å². The summed E-state index contributed by atoms with van der Waals surface area (Å²) in [6.45, 7) is 0.418. The van der Waals surface area contributed by atoms with Gasteiger partial charge in [0.2, 0.25) is 5.91 Å². The fraction of sp³-hybridized carbons (Fsp3) is 0.0909. The molecule has 0 saturated carbocycles. The van der Waals surface area contributed by atoms with Crippen LogP contribution in [0.2, 0.25) is 0 Å². The van der Waals surface area contributed by atoms with Crippen LogP contribution in [-0.2, 0) is 11.3 Å². The number of rotatable bonds is 7. The molecular formula is C22H17F2N3O2S. The third-order valence-electron chi connectivity index (χ3n) is 4.31. The molecule has 0 aliphatic carbocycles. The number of aromatic nitrogens is 2. The second-order valence-electron chi connectivity index (χ2n) is 6.44. The molecule has 2 heterocycles. The van der Waals surface area contributed by atoms with Crippen LogP contribution in [0.15, 0.2) is 82.7 Å². The van der Waals surface area contributed by atoms with Crippen molar-refractivity contribution in [3.8, 4) is 11.3 Å². The quantitative estimate of drug-likeness (QED) is 0.414. The number of imidazole rings is 1. The Bertz CT molecular complexity index is 1120. The largest absolute Gasteiger partial charge is 0.467 e. The van der Waals surface area contributed by atoms with Gasteiger partial charge in [0.1, 0.15) is 17.4 Å². The first kappa shape index (κ1) is 19.9. The number of hydrogen-bond acceptors (Lipinski definition) is 4. The molecule has 0 unspecified atom stereocenters. The number of nitrogens with one attached hydrogen (secondary N) is 1. The van der Waals surface area contributed by atoms with Crippen molar-refractivity contribution in [2.75, 3.05) is 11.1 Å². The van der Waals surface area contributed by atoms with E-state index in [9.17, 15) is 13.6 Å². The van der Waals surface area contributed by atoms with Gasteiger partial charge in [0.25, 0.3) is 0 Å². The zero-order valence-electron chi connectivity index (χ0n) is 15.7. The SMILES string of the molecule is O=C(CSc1ncc(-c2ccc(F)cc2)n1Cc1ccco1)Nc1ccc(F)cc1. The molecule has 5 nitrogen and oxygen atoms in total. The summed E-state index contributed by atoms with van der Waals surface area (Å²) in [7, 11) is 0. The maximum absolute atomic E-state index is 13.3. The average Bonchev–Trinajstić information content (AvgIpc) is 3.39. The summed E-state index contributed by atoms with van der Waals surface area (Å²) in [6, 6.07) is 15.4. The highest BCUT2D eigenvalue weighted by Crippen LogP contribution is 2.27. The summed E-state index contributed by atoms with van der Waals surface area (Å²) in [4.78, 5) is 16.7. The molecule has 0 aliphatic rings. The minimum atomic E-state index is -0.365. The lowest BCUT2D eigenvalue weighted by Crippen LogP contribution is -2.14. The third kappa shape index (κ3) is 4.77. The van der Waals surface area contributed by atoms with E-state index in [0.717, 1.165) is 17.0 Å². The lowest BCUT2D eigenvalue weighted by molar-refractivity contribution is -0.113. The van der Waals surface area contributed by atoms with E-state index in [-0.39, 0.29) is 23.3 Å². The highest BCUT2D eigenvalue weighted by Gasteiger charge is 2.15. The molecule has 0 atom stereocenters. The number of hydrogen-bond donors (Lipinski definition) is 1. The summed E-state index contributed by atoms with van der Waals surface area (Å²) in [5.41, 5.74) is 2.11. The average molecular weight is 425 g/mol. The number of thioether (sulfide) groups is 1. The molecule has 0 radical (unpaired) electrons. The van der Waals surface area contributed by atoms with Gasteiger partial charge in [-0.25, -0.2) is 13.8 Å². The zero-order chi connectivity index (χ0) is 20.9. The first-order chi connectivity index (χ1) is 14.6. The fourth-order valence-corrected chi connectivity index (χ4v) is 3.67. The molecule has 2 aromatic heterocycles. The van der Waals surface area contributed by atoms with Gasteiger partial charge in [-0.1, -0.05) is 11.8 Å². The number of carbonyl (C=O) groups excluding carboxylic acids is 1. The molecule has 8 heteroatoms. The smallest absolute Gasteiger partial charge is 0.234 e. The van der Waals surface area contributed by atoms with Gasteiger partial charge >= 0.3 is 0 Å². The minimum absolute atomic E-state index is 0.120. The number of carbonyl (C=O) groups is 1. The van der Waals surface area contributed by atoms with Gasteiger partial charge in [0, 0.05) is 5.69 Å². The van der Waals surface area contributed by atoms with Crippen LogP contribution in [0.25, 0.3) is 11.3 Å². The van der Waals surface area contributed by atoms with Gasteiger partial charge < -0.3 is 14.3 Å². The first-order valence-electron chi connectivity index (χ1n) is 9.10. The number of halogens is 2. The Labute approximate surface area is 175 Å². The van der Waals surface area contributed by atoms with E-state index in [0.29, 0.717) is 17.4 Å². The Hall–Kier alpha value is -3.39. The van der Waals surface area contributed by atoms with Crippen LogP contribution < -0.4 is 5.32 Å². The monoisotopic (exact) mass is 425 g/mol. The highest BCUT2D eigenvalue weighted by atomic mass is 32.2. The Balaban J connectivity index is 1.52. The lowest BCUT2D eigenvalue weighted by atomic mass is 10.1. The van der Waals surface area contributed by atoms with E-state index in [1.165, 1.54) is 48.2 Å². The number of furan rings is 1. The Morgan fingerprint density at radius 3 is 2.40 bits per heavy atom. The lowest BCUT2D eigenvalue weighted by Gasteiger charge is -2.11. The first-order valence-corrected chi connectivity index (χ1v) is 10.1. The number of nitrogens with zero attached hydrogens (tertiary/aromatic N) is 2. The zero-order valence-corrected chi connectivity index (χ0v) is 16.5. The molecule has 0 saturated heterocycles. The second-order valence-corrected chi connectivity index (χ2v) is 7.38. The van der Waals surface area contributed by atoms with Crippen LogP contribution in [0.3, 0.4) is 0 Å². The molecule has 0 bridgehead atoms. The van der Waals surface area contributed by atoms with Crippen molar-refractivity contribution in [2.45, 2.75) is 11.7 Å². The Kier molecular flexibility index (Phi) is 5.94. The molecular weight excluding hydrogens is 408 g/mol. The van der Waals surface area contributed by atoms with Gasteiger partial charge in [-0.3, -0.25) is 4.79 Å². The maximum Gasteiger partial charge on any atom is 0.234 e. The Morgan fingerprint density at radius 1 is 1.03 bits per heavy atom. The molecule has 0 aliphatic heterocycles. The van der Waals surface area contributed by atoms with Crippen LogP contribution in [0, 0.1) is 11.6 Å². The molecule has 4 rings (SSSR count). The normalized spacial score (nSPS) is 10.9. The predicted octanol–water partition coefficient (Wildman–Crippen LogP) is 5.20. The van der Waals surface area contributed by atoms with Crippen molar-refractivity contribution in [3.63, 3.8) is 0 Å². The van der Waals surface area contributed by atoms with Crippen LogP contribution in [-0.4, -0.2) is 21.2 Å². The summed E-state index contributed by atoms with van der Waals surface area (Å²) in [5, 5.41) is 3.35. The van der Waals surface area contributed by atoms with Gasteiger partial charge in [-0.2, -0.15) is 0 Å². The topological polar surface area (TPSA) is 60.1 Å². The standard InChI is InChI=1S/C22H17F2N3O2S/c23-16-5-3-15(4-6-16)20-12-25-22(27(20)13-19-2-1-11-29-19)30-14-21(28)26-18-9-7-17(24)8-10-18/h1-12H,13-14H2,(H,26,28). The van der Waals surface area contributed by atoms with Crippen molar-refractivity contribution < 1.29 is 18.0 Å². The van der Waals surface area contributed by atoms with Gasteiger partial charge in [-0.05, 0) is 66.2 Å². The van der Waals surface area contributed by atoms with E-state index < -0.39 is 0 Å². The third-order valence-corrected chi connectivity index (χ3v) is 5.30. The summed E-state index contributed by atoms with van der Waals surface area (Å²) < 4.78 is 33.7. The van der Waals surface area contributed by atoms with E-state index in [1.54, 1.807) is 30.7 Å². The van der Waals surface area contributed by atoms with Crippen molar-refractivity contribution in [1.29, 1.82) is 0 Å². The molecule has 152 valence electrons. The van der Waals surface area contributed by atoms with Gasteiger partial charge in [0.05, 0.1) is 30.5 Å². The Morgan fingerprint density at radius 2 is 1.73 bits per heavy atom. The molecule has 1 N–H and O–H groups in total. The minimum Gasteiger partial charge on any atom is -0.467 e. The van der Waals surface area contributed by atoms with Crippen molar-refractivity contribution in [2.24, 2.45) is 0 Å². The highest BCUT2D eigenvalue weighted by molar-refractivity contribution is 7.99. The van der Waals surface area contributed by atoms with Crippen molar-refractivity contribution >= 4 is 23.4 Å². The van der Waals surface area contributed by atoms with Crippen LogP contribution in [0.5, 0.6) is 0 Å². The molecule has 2 aromatic carbocycles. The van der Waals surface area contributed by atoms with Crippen molar-refractivity contribution in [1.82, 2.24) is 9.55 Å². The van der Waals surface area contributed by atoms with Crippen LogP contribution in [0.1, 0.15) is 5.76 Å². The maximum atomic E-state index is 13.3. The van der Waals surface area contributed by atoms with E-state index >= 15 is 0 Å². The number of amides is 1. The fourth-order valence-electron chi connectivity index (χ4n) is 2.90. The van der Waals surface area contributed by atoms with Gasteiger partial charge in [0.15, 0.2) is 5.16 Å². The van der Waals surface area contributed by atoms with E-state index in [4.69, 9.17) is 4.42 Å². The molecule has 0 spiro atoms. The second kappa shape index (κ2) is 8.96.